The molecule has 10 rings (SSSR count). The van der Waals surface area contributed by atoms with E-state index in [4.69, 9.17) is 32.9 Å². The number of benzene rings is 2. The second-order valence-electron chi connectivity index (χ2n) is 14.3. The molecule has 12 heteroatoms. The maximum absolute atomic E-state index is 17.1. The van der Waals surface area contributed by atoms with Gasteiger partial charge in [-0.05, 0) is 73.8 Å². The highest BCUT2D eigenvalue weighted by molar-refractivity contribution is 7.03. The lowest BCUT2D eigenvalue weighted by Gasteiger charge is -2.39. The first-order valence-corrected chi connectivity index (χ1v) is 18.9. The predicted octanol–water partition coefficient (Wildman–Crippen LogP) is 8.33. The Morgan fingerprint density at radius 2 is 2.08 bits per heavy atom. The number of nitrogens with zero attached hydrogens (tertiary/aromatic N) is 5. The monoisotopic (exact) mass is 728 g/mol. The second kappa shape index (κ2) is 12.6. The zero-order valence-electron chi connectivity index (χ0n) is 27.5. The van der Waals surface area contributed by atoms with Crippen LogP contribution in [-0.2, 0) is 22.6 Å². The van der Waals surface area contributed by atoms with E-state index in [1.807, 2.05) is 24.6 Å². The Bertz CT molecular complexity index is 2200. The van der Waals surface area contributed by atoms with Gasteiger partial charge in [0.15, 0.2) is 5.82 Å². The topological polar surface area (TPSA) is 96.1 Å². The van der Waals surface area contributed by atoms with Gasteiger partial charge < -0.3 is 19.5 Å². The molecule has 3 aromatic heterocycles. The first kappa shape index (κ1) is 32.3. The van der Waals surface area contributed by atoms with Gasteiger partial charge in [-0.2, -0.15) is 5.26 Å². The molecule has 6 heterocycles. The number of nitrogens with one attached hydrogen (secondary N) is 1. The third-order valence-electron chi connectivity index (χ3n) is 11.2. The van der Waals surface area contributed by atoms with E-state index < -0.39 is 5.82 Å². The summed E-state index contributed by atoms with van der Waals surface area (Å²) in [7, 11) is 0. The van der Waals surface area contributed by atoms with Gasteiger partial charge in [0.1, 0.15) is 5.52 Å². The van der Waals surface area contributed by atoms with Crippen molar-refractivity contribution in [2.45, 2.75) is 76.3 Å². The molecule has 3 aliphatic heterocycles. The Balaban J connectivity index is 1.25. The largest absolute Gasteiger partial charge is 0.372 e. The number of carbonyl (C=O) groups excluding carboxylic acids is 1. The van der Waals surface area contributed by atoms with Crippen LogP contribution in [0.3, 0.4) is 0 Å². The first-order chi connectivity index (χ1) is 24.3. The van der Waals surface area contributed by atoms with Gasteiger partial charge in [0.2, 0.25) is 5.91 Å². The van der Waals surface area contributed by atoms with E-state index in [1.165, 1.54) is 11.5 Å². The predicted molar refractivity (Wildman–Crippen MR) is 193 cm³/mol. The van der Waals surface area contributed by atoms with E-state index >= 15 is 4.39 Å². The number of aromatic nitrogens is 3. The van der Waals surface area contributed by atoms with E-state index in [0.29, 0.717) is 59.0 Å². The number of amides is 1. The van der Waals surface area contributed by atoms with Crippen molar-refractivity contribution in [2.24, 2.45) is 11.8 Å². The maximum Gasteiger partial charge on any atom is 0.226 e. The molecule has 0 unspecified atom stereocenters. The lowest BCUT2D eigenvalue weighted by Crippen LogP contribution is -2.41. The van der Waals surface area contributed by atoms with E-state index in [9.17, 15) is 10.1 Å². The Morgan fingerprint density at radius 3 is 2.80 bits per heavy atom. The van der Waals surface area contributed by atoms with Crippen molar-refractivity contribution in [3.8, 4) is 17.2 Å². The molecule has 2 bridgehead atoms. The van der Waals surface area contributed by atoms with Gasteiger partial charge in [0.05, 0.1) is 46.4 Å². The van der Waals surface area contributed by atoms with Crippen molar-refractivity contribution in [2.75, 3.05) is 13.1 Å². The van der Waals surface area contributed by atoms with Crippen LogP contribution in [0.15, 0.2) is 41.9 Å². The Morgan fingerprint density at radius 1 is 1.22 bits per heavy atom. The number of halogens is 3. The van der Waals surface area contributed by atoms with Crippen LogP contribution in [0.1, 0.15) is 66.7 Å². The van der Waals surface area contributed by atoms with Crippen molar-refractivity contribution in [1.29, 1.82) is 5.26 Å². The summed E-state index contributed by atoms with van der Waals surface area (Å²) in [5, 5.41) is 17.5. The third kappa shape index (κ3) is 5.24. The number of likely N-dealkylation sites (tertiary alicyclic amines) is 1. The fourth-order valence-corrected chi connectivity index (χ4v) is 9.53. The molecule has 0 spiro atoms. The average molecular weight is 730 g/mol. The third-order valence-corrected chi connectivity index (χ3v) is 12.7. The molecule has 5 atom stereocenters. The van der Waals surface area contributed by atoms with Crippen molar-refractivity contribution >= 4 is 62.4 Å². The zero-order valence-corrected chi connectivity index (χ0v) is 29.8. The van der Waals surface area contributed by atoms with E-state index in [0.717, 1.165) is 53.7 Å². The van der Waals surface area contributed by atoms with Gasteiger partial charge >= 0.3 is 0 Å². The number of nitriles is 1. The number of hydrogen-bond donors (Lipinski definition) is 1. The number of aryl methyl sites for hydroxylation is 2. The molecular formula is C38H35Cl2FN6O2S. The molecule has 2 aromatic carbocycles. The van der Waals surface area contributed by atoms with Gasteiger partial charge in [0, 0.05) is 88.3 Å². The molecule has 8 nitrogen and oxygen atoms in total. The minimum atomic E-state index is -0.476. The molecule has 1 amide bonds. The number of rotatable bonds is 9. The van der Waals surface area contributed by atoms with Crippen molar-refractivity contribution < 1.29 is 13.9 Å². The minimum Gasteiger partial charge on any atom is -0.372 e. The van der Waals surface area contributed by atoms with Crippen molar-refractivity contribution in [3.05, 3.63) is 80.3 Å². The van der Waals surface area contributed by atoms with E-state index in [-0.39, 0.29) is 53.0 Å². The van der Waals surface area contributed by atoms with Gasteiger partial charge in [-0.3, -0.25) is 4.79 Å². The van der Waals surface area contributed by atoms with Crippen LogP contribution < -0.4 is 5.32 Å². The molecule has 2 saturated carbocycles. The highest BCUT2D eigenvalue weighted by atomic mass is 35.5. The van der Waals surface area contributed by atoms with Crippen LogP contribution in [0.25, 0.3) is 32.9 Å². The van der Waals surface area contributed by atoms with Crippen LogP contribution in [0.4, 0.5) is 4.39 Å². The summed E-state index contributed by atoms with van der Waals surface area (Å²) in [6.07, 6.45) is 5.86. The van der Waals surface area contributed by atoms with Gasteiger partial charge in [0.25, 0.3) is 0 Å². The summed E-state index contributed by atoms with van der Waals surface area (Å²) in [5.74, 6) is 0.209. The maximum atomic E-state index is 17.1. The summed E-state index contributed by atoms with van der Waals surface area (Å²) in [5.41, 5.74) is 5.48. The summed E-state index contributed by atoms with van der Waals surface area (Å²) in [4.78, 5) is 20.9. The Kier molecular flexibility index (Phi) is 8.13. The zero-order chi connectivity index (χ0) is 34.3. The fraction of sp³-hybridized carbons (Fsp3) is 0.421. The summed E-state index contributed by atoms with van der Waals surface area (Å²) < 4.78 is 30.2. The molecule has 50 heavy (non-hydrogen) atoms. The summed E-state index contributed by atoms with van der Waals surface area (Å²) in [6, 6.07) is 11.9. The Labute approximate surface area is 303 Å². The number of carbonyl (C=O) groups is 1. The minimum absolute atomic E-state index is 0.0643. The summed E-state index contributed by atoms with van der Waals surface area (Å²) >= 11 is 14.5. The van der Waals surface area contributed by atoms with Gasteiger partial charge in [-0.15, -0.1) is 0 Å². The highest BCUT2D eigenvalue weighted by Crippen LogP contribution is 2.51. The molecule has 5 aromatic rings. The van der Waals surface area contributed by atoms with Crippen LogP contribution in [0.2, 0.25) is 10.0 Å². The molecule has 5 aliphatic rings. The lowest BCUT2D eigenvalue weighted by atomic mass is 9.79. The second-order valence-corrected chi connectivity index (χ2v) is 15.7. The summed E-state index contributed by atoms with van der Waals surface area (Å²) in [6.45, 7) is 3.84. The van der Waals surface area contributed by atoms with Crippen LogP contribution >= 0.6 is 34.7 Å². The smallest absolute Gasteiger partial charge is 0.226 e. The lowest BCUT2D eigenvalue weighted by molar-refractivity contribution is -0.134. The molecule has 3 saturated heterocycles. The van der Waals surface area contributed by atoms with E-state index in [1.54, 1.807) is 18.2 Å². The number of hydrogen-bond acceptors (Lipinski definition) is 7. The van der Waals surface area contributed by atoms with Crippen molar-refractivity contribution in [1.82, 2.24) is 24.1 Å². The fourth-order valence-electron chi connectivity index (χ4n) is 8.62. The molecule has 0 radical (unpaired) electrons. The van der Waals surface area contributed by atoms with Crippen LogP contribution in [-0.4, -0.2) is 50.0 Å². The van der Waals surface area contributed by atoms with Crippen LogP contribution in [0, 0.1) is 35.9 Å². The molecule has 256 valence electrons. The quantitative estimate of drug-likeness (QED) is 0.164. The SMILES string of the molecule is Cc1nc2c(F)c(-c3cccc(Cl)c3Cl)c(CCC#N)cc2c2c1cc([C@H]1C[C@H](OCc3cnsc3)CN1C(=O)C1CC1)n2[C@H]1[C@H]2CN[C@@H]1C2. The average Bonchev–Trinajstić information content (AvgIpc) is 3.62. The first-order valence-electron chi connectivity index (χ1n) is 17.3. The number of ether oxygens (including phenoxy) is 1. The van der Waals surface area contributed by atoms with Crippen molar-refractivity contribution in [3.63, 3.8) is 0 Å². The van der Waals surface area contributed by atoms with Gasteiger partial charge in [-0.1, -0.05) is 35.3 Å². The molecule has 1 N–H and O–H groups in total. The molecular weight excluding hydrogens is 694 g/mol. The van der Waals surface area contributed by atoms with E-state index in [2.05, 4.69) is 31.3 Å². The normalized spacial score (nSPS) is 24.3. The number of pyridine rings is 1. The molecule has 2 aliphatic carbocycles. The standard InChI is InChI=1S/C38H35Cl2FN6O2S/c1-19-26-13-31(30-12-24(49-17-20-14-44-50-18-20)16-46(30)38(48)21-7-8-21)47(36-23-11-29(36)43-15-23)37(26)27-10-22(4-3-9-42)32(34(41)35(27)45-19)25-5-2-6-28(39)33(25)40/h2,5-6,10,13-14,18,21,23-24,29-30,36,43H,3-4,7-8,11-12,15-17H2,1H3/t23-,24+,29-,30-,36+/m1/s1. The van der Waals surface area contributed by atoms with Crippen LogP contribution in [0.5, 0.6) is 0 Å². The highest BCUT2D eigenvalue weighted by Gasteiger charge is 2.51. The molecule has 5 fully saturated rings. The number of fused-ring (bicyclic) bond motifs is 4. The van der Waals surface area contributed by atoms with Gasteiger partial charge in [-0.25, -0.2) is 13.7 Å². The Hall–Kier alpha value is -3.59.